The first-order valence-corrected chi connectivity index (χ1v) is 7.80. The maximum absolute atomic E-state index is 12.3. The van der Waals surface area contributed by atoms with E-state index in [-0.39, 0.29) is 17.9 Å². The van der Waals surface area contributed by atoms with Gasteiger partial charge in [0.25, 0.3) is 5.91 Å². The van der Waals surface area contributed by atoms with Gasteiger partial charge in [-0.05, 0) is 30.7 Å². The molecule has 1 atom stereocenters. The molecule has 0 radical (unpaired) electrons. The first-order valence-electron chi connectivity index (χ1n) is 7.43. The van der Waals surface area contributed by atoms with Crippen LogP contribution < -0.4 is 10.6 Å². The molecule has 5 nitrogen and oxygen atoms in total. The fourth-order valence-electron chi connectivity index (χ4n) is 2.35. The lowest BCUT2D eigenvalue weighted by atomic mass is 9.92. The number of hydrogen-bond acceptors (Lipinski definition) is 3. The monoisotopic (exact) mass is 346 g/mol. The fraction of sp³-hybridized carbons (Fsp3) is 0.222. The summed E-state index contributed by atoms with van der Waals surface area (Å²) in [5.41, 5.74) is -0.0709. The standard InChI is InChI=1S/C18H19ClN2O3/c1-18(24,12-6-4-3-5-7-12)11-16(22)21-15-9-8-13(19)10-14(15)17(23)20-2/h3-10,24H,11H2,1-2H3,(H,20,23)(H,21,22). The second-order valence-electron chi connectivity index (χ2n) is 5.63. The van der Waals surface area contributed by atoms with E-state index in [0.717, 1.165) is 0 Å². The highest BCUT2D eigenvalue weighted by molar-refractivity contribution is 6.31. The van der Waals surface area contributed by atoms with Gasteiger partial charge in [-0.3, -0.25) is 9.59 Å². The number of hydrogen-bond donors (Lipinski definition) is 3. The maximum atomic E-state index is 12.3. The number of rotatable bonds is 5. The summed E-state index contributed by atoms with van der Waals surface area (Å²) < 4.78 is 0. The van der Waals surface area contributed by atoms with Gasteiger partial charge in [0.15, 0.2) is 0 Å². The molecule has 0 saturated carbocycles. The van der Waals surface area contributed by atoms with Gasteiger partial charge in [-0.25, -0.2) is 0 Å². The number of anilines is 1. The second-order valence-corrected chi connectivity index (χ2v) is 6.07. The predicted octanol–water partition coefficient (Wildman–Crippen LogP) is 2.94. The quantitative estimate of drug-likeness (QED) is 0.778. The van der Waals surface area contributed by atoms with E-state index < -0.39 is 11.5 Å². The van der Waals surface area contributed by atoms with Crippen LogP contribution in [-0.4, -0.2) is 24.0 Å². The molecule has 3 N–H and O–H groups in total. The molecule has 0 fully saturated rings. The third-order valence-electron chi connectivity index (χ3n) is 3.63. The second kappa shape index (κ2) is 7.47. The van der Waals surface area contributed by atoms with Gasteiger partial charge in [-0.1, -0.05) is 41.9 Å². The molecule has 2 aromatic rings. The minimum Gasteiger partial charge on any atom is -0.385 e. The maximum Gasteiger partial charge on any atom is 0.253 e. The zero-order valence-electron chi connectivity index (χ0n) is 13.5. The van der Waals surface area contributed by atoms with Crippen molar-refractivity contribution in [2.75, 3.05) is 12.4 Å². The number of carbonyl (C=O) groups excluding carboxylic acids is 2. The third-order valence-corrected chi connectivity index (χ3v) is 3.86. The lowest BCUT2D eigenvalue weighted by Crippen LogP contribution is -2.29. The van der Waals surface area contributed by atoms with Gasteiger partial charge in [0.2, 0.25) is 5.91 Å². The molecular weight excluding hydrogens is 328 g/mol. The topological polar surface area (TPSA) is 78.4 Å². The van der Waals surface area contributed by atoms with E-state index in [9.17, 15) is 14.7 Å². The van der Waals surface area contributed by atoms with Gasteiger partial charge >= 0.3 is 0 Å². The molecule has 126 valence electrons. The van der Waals surface area contributed by atoms with Crippen LogP contribution in [0.25, 0.3) is 0 Å². The van der Waals surface area contributed by atoms with Crippen molar-refractivity contribution in [3.8, 4) is 0 Å². The summed E-state index contributed by atoms with van der Waals surface area (Å²) in [6.45, 7) is 1.57. The van der Waals surface area contributed by atoms with Gasteiger partial charge < -0.3 is 15.7 Å². The number of benzene rings is 2. The number of amides is 2. The highest BCUT2D eigenvalue weighted by Gasteiger charge is 2.27. The minimum absolute atomic E-state index is 0.146. The van der Waals surface area contributed by atoms with Crippen molar-refractivity contribution in [2.24, 2.45) is 0 Å². The van der Waals surface area contributed by atoms with E-state index in [4.69, 9.17) is 11.6 Å². The third kappa shape index (κ3) is 4.34. The van der Waals surface area contributed by atoms with Crippen LogP contribution in [0.3, 0.4) is 0 Å². The zero-order chi connectivity index (χ0) is 17.7. The van der Waals surface area contributed by atoms with E-state index in [1.807, 2.05) is 6.07 Å². The highest BCUT2D eigenvalue weighted by atomic mass is 35.5. The molecule has 0 aliphatic heterocycles. The van der Waals surface area contributed by atoms with Crippen LogP contribution in [0.1, 0.15) is 29.3 Å². The van der Waals surface area contributed by atoms with E-state index in [0.29, 0.717) is 16.3 Å². The van der Waals surface area contributed by atoms with E-state index in [1.165, 1.54) is 13.1 Å². The van der Waals surface area contributed by atoms with Gasteiger partial charge in [0, 0.05) is 12.1 Å². The van der Waals surface area contributed by atoms with Crippen molar-refractivity contribution < 1.29 is 14.7 Å². The molecule has 0 saturated heterocycles. The Labute approximate surface area is 145 Å². The summed E-state index contributed by atoms with van der Waals surface area (Å²) >= 11 is 5.91. The Morgan fingerprint density at radius 2 is 1.83 bits per heavy atom. The predicted molar refractivity (Wildman–Crippen MR) is 94.1 cm³/mol. The average Bonchev–Trinajstić information content (AvgIpc) is 2.56. The van der Waals surface area contributed by atoms with E-state index >= 15 is 0 Å². The largest absolute Gasteiger partial charge is 0.385 e. The van der Waals surface area contributed by atoms with Crippen LogP contribution >= 0.6 is 11.6 Å². The molecule has 6 heteroatoms. The molecule has 24 heavy (non-hydrogen) atoms. The lowest BCUT2D eigenvalue weighted by Gasteiger charge is -2.23. The molecular formula is C18H19ClN2O3. The average molecular weight is 347 g/mol. The molecule has 0 heterocycles. The van der Waals surface area contributed by atoms with Crippen LogP contribution in [-0.2, 0) is 10.4 Å². The number of aliphatic hydroxyl groups is 1. The zero-order valence-corrected chi connectivity index (χ0v) is 14.2. The van der Waals surface area contributed by atoms with Crippen LogP contribution in [0.4, 0.5) is 5.69 Å². The molecule has 0 spiro atoms. The summed E-state index contributed by atoms with van der Waals surface area (Å²) in [6, 6.07) is 13.6. The summed E-state index contributed by atoms with van der Waals surface area (Å²) in [5, 5.41) is 16.1. The number of halogens is 1. The smallest absolute Gasteiger partial charge is 0.253 e. The highest BCUT2D eigenvalue weighted by Crippen LogP contribution is 2.26. The van der Waals surface area contributed by atoms with Crippen molar-refractivity contribution in [1.82, 2.24) is 5.32 Å². The Bertz CT molecular complexity index is 745. The minimum atomic E-state index is -1.31. The normalized spacial score (nSPS) is 13.0. The summed E-state index contributed by atoms with van der Waals surface area (Å²) in [7, 11) is 1.50. The molecule has 0 bridgehead atoms. The molecule has 2 amide bonds. The first kappa shape index (κ1) is 18.0. The van der Waals surface area contributed by atoms with Crippen LogP contribution in [0, 0.1) is 0 Å². The van der Waals surface area contributed by atoms with Gasteiger partial charge in [-0.15, -0.1) is 0 Å². The molecule has 0 aromatic heterocycles. The first-order chi connectivity index (χ1) is 11.3. The molecule has 1 unspecified atom stereocenters. The van der Waals surface area contributed by atoms with Crippen LogP contribution in [0.2, 0.25) is 5.02 Å². The Morgan fingerprint density at radius 1 is 1.17 bits per heavy atom. The SMILES string of the molecule is CNC(=O)c1cc(Cl)ccc1NC(=O)CC(C)(O)c1ccccc1. The lowest BCUT2D eigenvalue weighted by molar-refractivity contribution is -0.120. The van der Waals surface area contributed by atoms with Crippen molar-refractivity contribution >= 4 is 29.1 Å². The number of carbonyl (C=O) groups is 2. The summed E-state index contributed by atoms with van der Waals surface area (Å²) in [5.74, 6) is -0.765. The van der Waals surface area contributed by atoms with Crippen molar-refractivity contribution in [3.63, 3.8) is 0 Å². The molecule has 2 rings (SSSR count). The Morgan fingerprint density at radius 3 is 2.46 bits per heavy atom. The van der Waals surface area contributed by atoms with Gasteiger partial charge in [0.05, 0.1) is 23.3 Å². The Kier molecular flexibility index (Phi) is 5.59. The van der Waals surface area contributed by atoms with Crippen molar-refractivity contribution in [2.45, 2.75) is 18.9 Å². The molecule has 2 aromatic carbocycles. The Hall–Kier alpha value is -2.37. The van der Waals surface area contributed by atoms with Crippen molar-refractivity contribution in [3.05, 3.63) is 64.7 Å². The van der Waals surface area contributed by atoms with E-state index in [1.54, 1.807) is 43.3 Å². The van der Waals surface area contributed by atoms with Crippen LogP contribution in [0.15, 0.2) is 48.5 Å². The van der Waals surface area contributed by atoms with Crippen LogP contribution in [0.5, 0.6) is 0 Å². The van der Waals surface area contributed by atoms with Gasteiger partial charge in [0.1, 0.15) is 0 Å². The summed E-state index contributed by atoms with van der Waals surface area (Å²) in [4.78, 5) is 24.2. The molecule has 0 aliphatic carbocycles. The van der Waals surface area contributed by atoms with E-state index in [2.05, 4.69) is 10.6 Å². The Balaban J connectivity index is 2.17. The fourth-order valence-corrected chi connectivity index (χ4v) is 2.53. The summed E-state index contributed by atoms with van der Waals surface area (Å²) in [6.07, 6.45) is -0.146. The van der Waals surface area contributed by atoms with Gasteiger partial charge in [-0.2, -0.15) is 0 Å². The number of nitrogens with one attached hydrogen (secondary N) is 2. The molecule has 0 aliphatic rings. The van der Waals surface area contributed by atoms with Crippen molar-refractivity contribution in [1.29, 1.82) is 0 Å².